The average molecular weight is 247 g/mol. The predicted octanol–water partition coefficient (Wildman–Crippen LogP) is 2.98. The summed E-state index contributed by atoms with van der Waals surface area (Å²) in [6.45, 7) is 6.67. The Morgan fingerprint density at radius 1 is 1.22 bits per heavy atom. The second-order valence-corrected chi connectivity index (χ2v) is 6.12. The number of hydrogen-bond donors (Lipinski definition) is 1. The van der Waals surface area contributed by atoms with Gasteiger partial charge in [-0.15, -0.1) is 0 Å². The summed E-state index contributed by atoms with van der Waals surface area (Å²) in [4.78, 5) is 4.78. The van der Waals surface area contributed by atoms with E-state index in [0.717, 1.165) is 25.4 Å². The van der Waals surface area contributed by atoms with Crippen LogP contribution in [-0.2, 0) is 13.0 Å². The van der Waals surface area contributed by atoms with Crippen molar-refractivity contribution in [3.63, 3.8) is 0 Å². The minimum absolute atomic E-state index is 0.712. The fourth-order valence-corrected chi connectivity index (χ4v) is 3.68. The Balaban J connectivity index is 1.88. The van der Waals surface area contributed by atoms with Gasteiger partial charge in [-0.1, -0.05) is 19.8 Å². The topological polar surface area (TPSA) is 29.9 Å². The molecule has 18 heavy (non-hydrogen) atoms. The first-order valence-corrected chi connectivity index (χ1v) is 7.53. The van der Waals surface area contributed by atoms with Crippen LogP contribution in [0.2, 0.25) is 0 Å². The molecule has 2 aliphatic rings. The molecule has 0 amide bonds. The Morgan fingerprint density at radius 2 is 2.11 bits per heavy atom. The molecule has 1 aromatic rings. The third kappa shape index (κ3) is 2.20. The van der Waals surface area contributed by atoms with Crippen molar-refractivity contribution in [2.75, 3.05) is 6.54 Å². The fraction of sp³-hybridized carbons (Fsp3) is 0.800. The molecule has 0 bridgehead atoms. The van der Waals surface area contributed by atoms with Crippen LogP contribution in [0.3, 0.4) is 0 Å². The number of aryl methyl sites for hydroxylation is 1. The average Bonchev–Trinajstić information content (AvgIpc) is 2.54. The SMILES string of the molecule is Cc1nc2c(n1C1CCCC(C)CC1)CCNC2. The molecule has 3 rings (SSSR count). The van der Waals surface area contributed by atoms with Crippen LogP contribution in [0.15, 0.2) is 0 Å². The Kier molecular flexibility index (Phi) is 3.42. The van der Waals surface area contributed by atoms with E-state index >= 15 is 0 Å². The first-order chi connectivity index (χ1) is 8.75. The Hall–Kier alpha value is -0.830. The zero-order chi connectivity index (χ0) is 12.5. The molecule has 2 heterocycles. The van der Waals surface area contributed by atoms with E-state index in [9.17, 15) is 0 Å². The van der Waals surface area contributed by atoms with E-state index in [1.54, 1.807) is 0 Å². The van der Waals surface area contributed by atoms with Gasteiger partial charge in [0, 0.05) is 31.2 Å². The van der Waals surface area contributed by atoms with Crippen molar-refractivity contribution in [3.05, 3.63) is 17.2 Å². The van der Waals surface area contributed by atoms with Gasteiger partial charge in [-0.25, -0.2) is 4.98 Å². The largest absolute Gasteiger partial charge is 0.329 e. The number of rotatable bonds is 1. The molecule has 0 aromatic carbocycles. The highest BCUT2D eigenvalue weighted by molar-refractivity contribution is 5.21. The van der Waals surface area contributed by atoms with Crippen molar-refractivity contribution in [2.45, 2.75) is 65.0 Å². The summed E-state index contributed by atoms with van der Waals surface area (Å²) in [5.74, 6) is 2.15. The first kappa shape index (κ1) is 12.2. The zero-order valence-corrected chi connectivity index (χ0v) is 11.7. The van der Waals surface area contributed by atoms with Crippen LogP contribution in [0, 0.1) is 12.8 Å². The molecule has 0 spiro atoms. The van der Waals surface area contributed by atoms with Gasteiger partial charge in [0.25, 0.3) is 0 Å². The number of nitrogens with zero attached hydrogens (tertiary/aromatic N) is 2. The molecule has 2 atom stereocenters. The zero-order valence-electron chi connectivity index (χ0n) is 11.7. The molecule has 3 nitrogen and oxygen atoms in total. The van der Waals surface area contributed by atoms with Crippen LogP contribution < -0.4 is 5.32 Å². The third-order valence-electron chi connectivity index (χ3n) is 4.69. The summed E-state index contributed by atoms with van der Waals surface area (Å²) in [6, 6.07) is 0.712. The van der Waals surface area contributed by atoms with Gasteiger partial charge >= 0.3 is 0 Å². The quantitative estimate of drug-likeness (QED) is 0.773. The highest BCUT2D eigenvalue weighted by Crippen LogP contribution is 2.33. The normalized spacial score (nSPS) is 28.8. The first-order valence-electron chi connectivity index (χ1n) is 7.53. The molecule has 2 unspecified atom stereocenters. The Bertz CT molecular complexity index is 422. The van der Waals surface area contributed by atoms with E-state index in [0.29, 0.717) is 6.04 Å². The lowest BCUT2D eigenvalue weighted by Crippen LogP contribution is -2.26. The summed E-state index contributed by atoms with van der Waals surface area (Å²) in [6.07, 6.45) is 8.03. The molecule has 1 aromatic heterocycles. The van der Waals surface area contributed by atoms with Crippen LogP contribution >= 0.6 is 0 Å². The maximum absolute atomic E-state index is 4.78. The number of fused-ring (bicyclic) bond motifs is 1. The maximum atomic E-state index is 4.78. The summed E-state index contributed by atoms with van der Waals surface area (Å²) >= 11 is 0. The van der Waals surface area contributed by atoms with Crippen LogP contribution in [0.5, 0.6) is 0 Å². The lowest BCUT2D eigenvalue weighted by atomic mass is 10.0. The molecule has 3 heteroatoms. The van der Waals surface area contributed by atoms with E-state index in [2.05, 4.69) is 23.7 Å². The monoisotopic (exact) mass is 247 g/mol. The van der Waals surface area contributed by atoms with E-state index in [4.69, 9.17) is 4.98 Å². The van der Waals surface area contributed by atoms with Gasteiger partial charge in [0.1, 0.15) is 5.82 Å². The third-order valence-corrected chi connectivity index (χ3v) is 4.69. The summed E-state index contributed by atoms with van der Waals surface area (Å²) in [5.41, 5.74) is 2.82. The molecule has 1 aliphatic heterocycles. The minimum Gasteiger partial charge on any atom is -0.329 e. The van der Waals surface area contributed by atoms with Gasteiger partial charge in [0.15, 0.2) is 0 Å². The molecule has 0 radical (unpaired) electrons. The van der Waals surface area contributed by atoms with E-state index in [1.807, 2.05) is 0 Å². The van der Waals surface area contributed by atoms with Gasteiger partial charge in [0.2, 0.25) is 0 Å². The second-order valence-electron chi connectivity index (χ2n) is 6.12. The number of imidazole rings is 1. The number of hydrogen-bond acceptors (Lipinski definition) is 2. The van der Waals surface area contributed by atoms with Gasteiger partial charge < -0.3 is 9.88 Å². The summed E-state index contributed by atoms with van der Waals surface area (Å²) in [5, 5.41) is 3.43. The summed E-state index contributed by atoms with van der Waals surface area (Å²) < 4.78 is 2.58. The Morgan fingerprint density at radius 3 is 3.00 bits per heavy atom. The highest BCUT2D eigenvalue weighted by atomic mass is 15.1. The number of nitrogens with one attached hydrogen (secondary N) is 1. The lowest BCUT2D eigenvalue weighted by Gasteiger charge is -2.23. The molecule has 1 saturated carbocycles. The molecule has 100 valence electrons. The van der Waals surface area contributed by atoms with Gasteiger partial charge in [-0.05, 0) is 32.1 Å². The number of aromatic nitrogens is 2. The van der Waals surface area contributed by atoms with E-state index in [1.165, 1.54) is 49.3 Å². The van der Waals surface area contributed by atoms with Crippen molar-refractivity contribution < 1.29 is 0 Å². The second kappa shape index (κ2) is 5.04. The molecular weight excluding hydrogens is 222 g/mol. The van der Waals surface area contributed by atoms with Gasteiger partial charge in [-0.3, -0.25) is 0 Å². The predicted molar refractivity (Wildman–Crippen MR) is 73.7 cm³/mol. The van der Waals surface area contributed by atoms with Gasteiger partial charge in [-0.2, -0.15) is 0 Å². The maximum Gasteiger partial charge on any atom is 0.106 e. The van der Waals surface area contributed by atoms with Crippen LogP contribution in [0.25, 0.3) is 0 Å². The molecular formula is C15H25N3. The fourth-order valence-electron chi connectivity index (χ4n) is 3.68. The molecule has 1 N–H and O–H groups in total. The standard InChI is InChI=1S/C15H25N3/c1-11-4-3-5-13(7-6-11)18-12(2)17-14-10-16-9-8-15(14)18/h11,13,16H,3-10H2,1-2H3. The van der Waals surface area contributed by atoms with Gasteiger partial charge in [0.05, 0.1) is 5.69 Å². The van der Waals surface area contributed by atoms with Crippen molar-refractivity contribution in [1.29, 1.82) is 0 Å². The summed E-state index contributed by atoms with van der Waals surface area (Å²) in [7, 11) is 0. The smallest absolute Gasteiger partial charge is 0.106 e. The molecule has 1 fully saturated rings. The Labute approximate surface area is 110 Å². The van der Waals surface area contributed by atoms with Crippen LogP contribution in [-0.4, -0.2) is 16.1 Å². The highest BCUT2D eigenvalue weighted by Gasteiger charge is 2.24. The van der Waals surface area contributed by atoms with Crippen molar-refractivity contribution in [3.8, 4) is 0 Å². The van der Waals surface area contributed by atoms with E-state index < -0.39 is 0 Å². The van der Waals surface area contributed by atoms with Crippen molar-refractivity contribution >= 4 is 0 Å². The van der Waals surface area contributed by atoms with Crippen LogP contribution in [0.4, 0.5) is 0 Å². The lowest BCUT2D eigenvalue weighted by molar-refractivity contribution is 0.411. The minimum atomic E-state index is 0.712. The van der Waals surface area contributed by atoms with Crippen molar-refractivity contribution in [2.24, 2.45) is 5.92 Å². The van der Waals surface area contributed by atoms with Crippen LogP contribution in [0.1, 0.15) is 62.3 Å². The van der Waals surface area contributed by atoms with E-state index in [-0.39, 0.29) is 0 Å². The molecule has 1 aliphatic carbocycles. The molecule has 0 saturated heterocycles. The van der Waals surface area contributed by atoms with Crippen molar-refractivity contribution in [1.82, 2.24) is 14.9 Å².